The predicted octanol–water partition coefficient (Wildman–Crippen LogP) is 2.46. The normalized spacial score (nSPS) is 14.5. The summed E-state index contributed by atoms with van der Waals surface area (Å²) in [5, 5.41) is 4.62. The molecule has 0 bridgehead atoms. The Morgan fingerprint density at radius 1 is 1.06 bits per heavy atom. The molecule has 0 atom stereocenters. The Balaban J connectivity index is 1.40. The van der Waals surface area contributed by atoms with Crippen molar-refractivity contribution in [3.05, 3.63) is 60.0 Å². The fraction of sp³-hybridized carbons (Fsp3) is 0.348. The van der Waals surface area contributed by atoms with Crippen molar-refractivity contribution in [1.29, 1.82) is 0 Å². The van der Waals surface area contributed by atoms with Gasteiger partial charge in [0, 0.05) is 57.7 Å². The largest absolute Gasteiger partial charge is 0.497 e. The highest BCUT2D eigenvalue weighted by atomic mass is 16.5. The summed E-state index contributed by atoms with van der Waals surface area (Å²) in [6, 6.07) is 11.3. The molecule has 1 amide bonds. The van der Waals surface area contributed by atoms with Crippen LogP contribution in [-0.4, -0.2) is 70.9 Å². The molecule has 0 saturated carbocycles. The third-order valence-electron chi connectivity index (χ3n) is 5.62. The van der Waals surface area contributed by atoms with E-state index in [1.165, 1.54) is 0 Å². The lowest BCUT2D eigenvalue weighted by atomic mass is 10.1. The molecule has 162 valence electrons. The molecule has 4 rings (SSSR count). The molecule has 1 aliphatic heterocycles. The number of benzene rings is 1. The van der Waals surface area contributed by atoms with Gasteiger partial charge in [0.15, 0.2) is 0 Å². The van der Waals surface area contributed by atoms with Crippen molar-refractivity contribution in [2.24, 2.45) is 7.05 Å². The molecule has 1 aliphatic rings. The van der Waals surface area contributed by atoms with Crippen LogP contribution in [0.5, 0.6) is 11.5 Å². The third-order valence-corrected chi connectivity index (χ3v) is 5.62. The summed E-state index contributed by atoms with van der Waals surface area (Å²) < 4.78 is 12.6. The summed E-state index contributed by atoms with van der Waals surface area (Å²) >= 11 is 0. The molecule has 3 aromatic rings. The Bertz CT molecular complexity index is 1040. The standard InChI is InChI=1S/C23H27N5O3/c1-26-18(13-21(25-26)17-5-4-8-24-15-17)16-27-9-11-28(12-10-27)23(29)20-14-19(30-2)6-7-22(20)31-3/h4-8,13-15H,9-12,16H2,1-3H3. The van der Waals surface area contributed by atoms with Crippen molar-refractivity contribution in [3.63, 3.8) is 0 Å². The van der Waals surface area contributed by atoms with Crippen LogP contribution in [0.4, 0.5) is 0 Å². The molecule has 0 radical (unpaired) electrons. The molecule has 0 unspecified atom stereocenters. The smallest absolute Gasteiger partial charge is 0.257 e. The predicted molar refractivity (Wildman–Crippen MR) is 117 cm³/mol. The van der Waals surface area contributed by atoms with Crippen LogP contribution in [0.15, 0.2) is 48.8 Å². The number of carbonyl (C=O) groups excluding carboxylic acids is 1. The molecule has 1 saturated heterocycles. The Morgan fingerprint density at radius 3 is 2.55 bits per heavy atom. The van der Waals surface area contributed by atoms with Crippen molar-refractivity contribution in [2.75, 3.05) is 40.4 Å². The van der Waals surface area contributed by atoms with Gasteiger partial charge in [-0.25, -0.2) is 0 Å². The summed E-state index contributed by atoms with van der Waals surface area (Å²) in [5.41, 5.74) is 3.59. The van der Waals surface area contributed by atoms with Gasteiger partial charge >= 0.3 is 0 Å². The first-order chi connectivity index (χ1) is 15.1. The minimum atomic E-state index is -0.0326. The molecule has 0 N–H and O–H groups in total. The lowest BCUT2D eigenvalue weighted by Gasteiger charge is -2.34. The van der Waals surface area contributed by atoms with Gasteiger partial charge in [-0.2, -0.15) is 5.10 Å². The zero-order chi connectivity index (χ0) is 21.8. The number of hydrogen-bond donors (Lipinski definition) is 0. The number of pyridine rings is 1. The van der Waals surface area contributed by atoms with Crippen LogP contribution in [0.2, 0.25) is 0 Å². The van der Waals surface area contributed by atoms with Crippen molar-refractivity contribution in [1.82, 2.24) is 24.6 Å². The Hall–Kier alpha value is -3.39. The third kappa shape index (κ3) is 4.54. The van der Waals surface area contributed by atoms with Crippen LogP contribution < -0.4 is 9.47 Å². The summed E-state index contributed by atoms with van der Waals surface area (Å²) in [6.45, 7) is 3.70. The van der Waals surface area contributed by atoms with Crippen molar-refractivity contribution < 1.29 is 14.3 Å². The van der Waals surface area contributed by atoms with Gasteiger partial charge in [-0.15, -0.1) is 0 Å². The van der Waals surface area contributed by atoms with E-state index in [-0.39, 0.29) is 5.91 Å². The number of ether oxygens (including phenoxy) is 2. The van der Waals surface area contributed by atoms with Gasteiger partial charge < -0.3 is 14.4 Å². The quantitative estimate of drug-likeness (QED) is 0.609. The van der Waals surface area contributed by atoms with Gasteiger partial charge in [0.1, 0.15) is 11.5 Å². The van der Waals surface area contributed by atoms with Crippen LogP contribution in [0, 0.1) is 0 Å². The molecule has 0 spiro atoms. The highest BCUT2D eigenvalue weighted by molar-refractivity contribution is 5.97. The van der Waals surface area contributed by atoms with Gasteiger partial charge in [0.2, 0.25) is 0 Å². The van der Waals surface area contributed by atoms with E-state index in [2.05, 4.69) is 21.0 Å². The zero-order valence-electron chi connectivity index (χ0n) is 18.1. The summed E-state index contributed by atoms with van der Waals surface area (Å²) in [4.78, 5) is 21.5. The van der Waals surface area contributed by atoms with Gasteiger partial charge in [0.05, 0.1) is 31.2 Å². The fourth-order valence-corrected chi connectivity index (χ4v) is 3.80. The molecule has 1 aromatic carbocycles. The number of aryl methyl sites for hydroxylation is 1. The Kier molecular flexibility index (Phi) is 6.18. The monoisotopic (exact) mass is 421 g/mol. The van der Waals surface area contributed by atoms with Crippen molar-refractivity contribution >= 4 is 5.91 Å². The number of piperazine rings is 1. The van der Waals surface area contributed by atoms with E-state index in [0.717, 1.165) is 36.6 Å². The lowest BCUT2D eigenvalue weighted by Crippen LogP contribution is -2.48. The zero-order valence-corrected chi connectivity index (χ0v) is 18.1. The van der Waals surface area contributed by atoms with Crippen LogP contribution in [-0.2, 0) is 13.6 Å². The molecule has 8 heteroatoms. The van der Waals surface area contributed by atoms with Crippen LogP contribution >= 0.6 is 0 Å². The van der Waals surface area contributed by atoms with E-state index in [9.17, 15) is 4.79 Å². The maximum absolute atomic E-state index is 13.1. The van der Waals surface area contributed by atoms with Gasteiger partial charge in [-0.05, 0) is 36.4 Å². The number of rotatable bonds is 6. The van der Waals surface area contributed by atoms with Crippen molar-refractivity contribution in [2.45, 2.75) is 6.54 Å². The van der Waals surface area contributed by atoms with E-state index in [4.69, 9.17) is 9.47 Å². The topological polar surface area (TPSA) is 72.7 Å². The number of amides is 1. The van der Waals surface area contributed by atoms with E-state index in [1.807, 2.05) is 35.0 Å². The number of hydrogen-bond acceptors (Lipinski definition) is 6. The van der Waals surface area contributed by atoms with Gasteiger partial charge in [-0.3, -0.25) is 19.4 Å². The van der Waals surface area contributed by atoms with Crippen LogP contribution in [0.25, 0.3) is 11.3 Å². The van der Waals surface area contributed by atoms with E-state index in [0.29, 0.717) is 30.2 Å². The molecule has 2 aromatic heterocycles. The second-order valence-corrected chi connectivity index (χ2v) is 7.52. The van der Waals surface area contributed by atoms with Gasteiger partial charge in [-0.1, -0.05) is 0 Å². The number of aromatic nitrogens is 3. The fourth-order valence-electron chi connectivity index (χ4n) is 3.80. The van der Waals surface area contributed by atoms with Gasteiger partial charge in [0.25, 0.3) is 5.91 Å². The molecular formula is C23H27N5O3. The van der Waals surface area contributed by atoms with E-state index in [1.54, 1.807) is 38.6 Å². The summed E-state index contributed by atoms with van der Waals surface area (Å²) in [7, 11) is 5.13. The molecule has 0 aliphatic carbocycles. The minimum absolute atomic E-state index is 0.0326. The molecule has 31 heavy (non-hydrogen) atoms. The summed E-state index contributed by atoms with van der Waals surface area (Å²) in [6.07, 6.45) is 3.58. The SMILES string of the molecule is COc1ccc(OC)c(C(=O)N2CCN(Cc3cc(-c4cccnc4)nn3C)CC2)c1. The summed E-state index contributed by atoms with van der Waals surface area (Å²) in [5.74, 6) is 1.17. The maximum Gasteiger partial charge on any atom is 0.257 e. The average molecular weight is 422 g/mol. The highest BCUT2D eigenvalue weighted by Gasteiger charge is 2.25. The molecular weight excluding hydrogens is 394 g/mol. The van der Waals surface area contributed by atoms with Crippen LogP contribution in [0.1, 0.15) is 16.1 Å². The first-order valence-electron chi connectivity index (χ1n) is 10.3. The number of nitrogens with zero attached hydrogens (tertiary/aromatic N) is 5. The highest BCUT2D eigenvalue weighted by Crippen LogP contribution is 2.26. The molecule has 8 nitrogen and oxygen atoms in total. The lowest BCUT2D eigenvalue weighted by molar-refractivity contribution is 0.0622. The second kappa shape index (κ2) is 9.18. The first kappa shape index (κ1) is 20.9. The Morgan fingerprint density at radius 2 is 1.87 bits per heavy atom. The molecule has 3 heterocycles. The van der Waals surface area contributed by atoms with E-state index < -0.39 is 0 Å². The minimum Gasteiger partial charge on any atom is -0.497 e. The van der Waals surface area contributed by atoms with E-state index >= 15 is 0 Å². The average Bonchev–Trinajstić information content (AvgIpc) is 3.19. The second-order valence-electron chi connectivity index (χ2n) is 7.52. The number of methoxy groups -OCH3 is 2. The van der Waals surface area contributed by atoms with Crippen LogP contribution in [0.3, 0.4) is 0 Å². The van der Waals surface area contributed by atoms with Crippen molar-refractivity contribution in [3.8, 4) is 22.8 Å². The maximum atomic E-state index is 13.1. The first-order valence-corrected chi connectivity index (χ1v) is 10.3. The molecule has 1 fully saturated rings. The Labute approximate surface area is 182 Å². The number of carbonyl (C=O) groups is 1.